The zero-order chi connectivity index (χ0) is 13.7. The molecule has 1 N–H and O–H groups in total. The molecule has 1 aromatic carbocycles. The van der Waals surface area contributed by atoms with Gasteiger partial charge < -0.3 is 5.32 Å². The van der Waals surface area contributed by atoms with Crippen LogP contribution in [0.1, 0.15) is 24.8 Å². The van der Waals surface area contributed by atoms with E-state index in [1.807, 2.05) is 7.05 Å². The van der Waals surface area contributed by atoms with Gasteiger partial charge in [0.25, 0.3) is 0 Å². The monoisotopic (exact) mass is 268 g/mol. The SMILES string of the molecule is CNCCC1CCN(Cc2ccc(F)cc2F)CC1. The van der Waals surface area contributed by atoms with Crippen LogP contribution < -0.4 is 5.32 Å². The van der Waals surface area contributed by atoms with E-state index < -0.39 is 11.6 Å². The average Bonchev–Trinajstić information content (AvgIpc) is 2.41. The van der Waals surface area contributed by atoms with Gasteiger partial charge in [0.15, 0.2) is 0 Å². The summed E-state index contributed by atoms with van der Waals surface area (Å²) in [4.78, 5) is 2.26. The van der Waals surface area contributed by atoms with E-state index in [0.29, 0.717) is 12.1 Å². The van der Waals surface area contributed by atoms with Crippen molar-refractivity contribution < 1.29 is 8.78 Å². The molecule has 1 aromatic rings. The minimum Gasteiger partial charge on any atom is -0.320 e. The fraction of sp³-hybridized carbons (Fsp3) is 0.600. The second-order valence-electron chi connectivity index (χ2n) is 5.35. The van der Waals surface area contributed by atoms with Crippen molar-refractivity contribution in [2.75, 3.05) is 26.7 Å². The molecule has 0 aliphatic carbocycles. The Bertz CT molecular complexity index is 401. The summed E-state index contributed by atoms with van der Waals surface area (Å²) in [7, 11) is 1.98. The molecule has 0 amide bonds. The predicted octanol–water partition coefficient (Wildman–Crippen LogP) is 2.79. The molecule has 2 nitrogen and oxygen atoms in total. The van der Waals surface area contributed by atoms with Crippen LogP contribution in [0.3, 0.4) is 0 Å². The zero-order valence-corrected chi connectivity index (χ0v) is 11.5. The molecular weight excluding hydrogens is 246 g/mol. The van der Waals surface area contributed by atoms with E-state index in [2.05, 4.69) is 10.2 Å². The van der Waals surface area contributed by atoms with Crippen molar-refractivity contribution in [2.24, 2.45) is 5.92 Å². The maximum Gasteiger partial charge on any atom is 0.130 e. The van der Waals surface area contributed by atoms with E-state index in [9.17, 15) is 8.78 Å². The lowest BCUT2D eigenvalue weighted by Gasteiger charge is -2.32. The third-order valence-electron chi connectivity index (χ3n) is 3.92. The summed E-state index contributed by atoms with van der Waals surface area (Å²) in [5.41, 5.74) is 0.593. The fourth-order valence-electron chi connectivity index (χ4n) is 2.67. The molecule has 0 radical (unpaired) electrons. The van der Waals surface area contributed by atoms with Gasteiger partial charge in [-0.15, -0.1) is 0 Å². The summed E-state index contributed by atoms with van der Waals surface area (Å²) < 4.78 is 26.4. The van der Waals surface area contributed by atoms with E-state index in [1.165, 1.54) is 25.3 Å². The van der Waals surface area contributed by atoms with Gasteiger partial charge in [0, 0.05) is 18.2 Å². The van der Waals surface area contributed by atoms with Gasteiger partial charge in [-0.1, -0.05) is 6.07 Å². The van der Waals surface area contributed by atoms with Crippen LogP contribution in [-0.4, -0.2) is 31.6 Å². The second-order valence-corrected chi connectivity index (χ2v) is 5.35. The molecule has 4 heteroatoms. The first-order chi connectivity index (χ1) is 9.19. The molecule has 0 aromatic heterocycles. The van der Waals surface area contributed by atoms with E-state index in [4.69, 9.17) is 0 Å². The Hall–Kier alpha value is -1.00. The van der Waals surface area contributed by atoms with Gasteiger partial charge in [-0.2, -0.15) is 0 Å². The minimum absolute atomic E-state index is 0.433. The Balaban J connectivity index is 1.82. The van der Waals surface area contributed by atoms with Crippen LogP contribution in [0.15, 0.2) is 18.2 Å². The highest BCUT2D eigenvalue weighted by Crippen LogP contribution is 2.22. The van der Waals surface area contributed by atoms with Crippen molar-refractivity contribution >= 4 is 0 Å². The van der Waals surface area contributed by atoms with Gasteiger partial charge in [-0.05, 0) is 57.9 Å². The second kappa shape index (κ2) is 6.96. The lowest BCUT2D eigenvalue weighted by Crippen LogP contribution is -2.34. The van der Waals surface area contributed by atoms with Crippen molar-refractivity contribution in [3.05, 3.63) is 35.4 Å². The summed E-state index contributed by atoms with van der Waals surface area (Å²) >= 11 is 0. The number of piperidine rings is 1. The molecule has 2 rings (SSSR count). The molecule has 19 heavy (non-hydrogen) atoms. The standard InChI is InChI=1S/C15H22F2N2/c1-18-7-4-12-5-8-19(9-6-12)11-13-2-3-14(16)10-15(13)17/h2-3,10,12,18H,4-9,11H2,1H3. The Kier molecular flexibility index (Phi) is 5.28. The first kappa shape index (κ1) is 14.4. The zero-order valence-electron chi connectivity index (χ0n) is 11.5. The number of nitrogens with one attached hydrogen (secondary N) is 1. The van der Waals surface area contributed by atoms with Gasteiger partial charge in [-0.3, -0.25) is 4.90 Å². The normalized spacial score (nSPS) is 17.8. The molecule has 1 fully saturated rings. The highest BCUT2D eigenvalue weighted by atomic mass is 19.1. The van der Waals surface area contributed by atoms with Crippen LogP contribution in [0.4, 0.5) is 8.78 Å². The van der Waals surface area contributed by atoms with Gasteiger partial charge in [-0.25, -0.2) is 8.78 Å². The summed E-state index contributed by atoms with van der Waals surface area (Å²) in [5.74, 6) is -0.161. The molecule has 1 aliphatic heterocycles. The van der Waals surface area contributed by atoms with Crippen LogP contribution in [0, 0.1) is 17.6 Å². The first-order valence-corrected chi connectivity index (χ1v) is 7.00. The molecule has 1 heterocycles. The summed E-state index contributed by atoms with van der Waals surface area (Å²) in [6.45, 7) is 3.67. The van der Waals surface area contributed by atoms with Gasteiger partial charge in [0.1, 0.15) is 11.6 Å². The van der Waals surface area contributed by atoms with E-state index in [0.717, 1.165) is 31.6 Å². The topological polar surface area (TPSA) is 15.3 Å². The minimum atomic E-state index is -0.507. The fourth-order valence-corrected chi connectivity index (χ4v) is 2.67. The highest BCUT2D eigenvalue weighted by Gasteiger charge is 2.19. The highest BCUT2D eigenvalue weighted by molar-refractivity contribution is 5.18. The molecule has 0 atom stereocenters. The summed E-state index contributed by atoms with van der Waals surface area (Å²) in [6, 6.07) is 3.85. The van der Waals surface area contributed by atoms with Gasteiger partial charge in [0.2, 0.25) is 0 Å². The largest absolute Gasteiger partial charge is 0.320 e. The summed E-state index contributed by atoms with van der Waals surface area (Å²) in [5, 5.41) is 3.18. The number of hydrogen-bond donors (Lipinski definition) is 1. The number of rotatable bonds is 5. The molecule has 106 valence electrons. The van der Waals surface area contributed by atoms with Crippen molar-refractivity contribution in [3.8, 4) is 0 Å². The van der Waals surface area contributed by atoms with Crippen molar-refractivity contribution in [1.82, 2.24) is 10.2 Å². The maximum absolute atomic E-state index is 13.6. The Morgan fingerprint density at radius 2 is 2.00 bits per heavy atom. The Morgan fingerprint density at radius 1 is 1.26 bits per heavy atom. The molecule has 0 spiro atoms. The molecule has 0 unspecified atom stereocenters. The summed E-state index contributed by atoms with van der Waals surface area (Å²) in [6.07, 6.45) is 3.56. The number of benzene rings is 1. The smallest absolute Gasteiger partial charge is 0.130 e. The van der Waals surface area contributed by atoms with Crippen LogP contribution in [0.2, 0.25) is 0 Å². The van der Waals surface area contributed by atoms with Crippen LogP contribution >= 0.6 is 0 Å². The van der Waals surface area contributed by atoms with E-state index in [-0.39, 0.29) is 0 Å². The third kappa shape index (κ3) is 4.25. The molecule has 0 saturated carbocycles. The molecule has 1 saturated heterocycles. The number of nitrogens with zero attached hydrogens (tertiary/aromatic N) is 1. The van der Waals surface area contributed by atoms with E-state index >= 15 is 0 Å². The van der Waals surface area contributed by atoms with Crippen molar-refractivity contribution in [3.63, 3.8) is 0 Å². The van der Waals surface area contributed by atoms with E-state index in [1.54, 1.807) is 6.07 Å². The first-order valence-electron chi connectivity index (χ1n) is 7.00. The van der Waals surface area contributed by atoms with Crippen molar-refractivity contribution in [2.45, 2.75) is 25.8 Å². The quantitative estimate of drug-likeness (QED) is 0.883. The van der Waals surface area contributed by atoms with Crippen LogP contribution in [-0.2, 0) is 6.54 Å². The van der Waals surface area contributed by atoms with Gasteiger partial charge in [0.05, 0.1) is 0 Å². The maximum atomic E-state index is 13.6. The number of halogens is 2. The van der Waals surface area contributed by atoms with Gasteiger partial charge >= 0.3 is 0 Å². The van der Waals surface area contributed by atoms with Crippen LogP contribution in [0.25, 0.3) is 0 Å². The number of likely N-dealkylation sites (tertiary alicyclic amines) is 1. The third-order valence-corrected chi connectivity index (χ3v) is 3.92. The average molecular weight is 268 g/mol. The van der Waals surface area contributed by atoms with Crippen molar-refractivity contribution in [1.29, 1.82) is 0 Å². The van der Waals surface area contributed by atoms with Crippen LogP contribution in [0.5, 0.6) is 0 Å². The number of hydrogen-bond acceptors (Lipinski definition) is 2. The molecular formula is C15H22F2N2. The Morgan fingerprint density at radius 3 is 2.63 bits per heavy atom. The predicted molar refractivity (Wildman–Crippen MR) is 72.9 cm³/mol. The molecule has 1 aliphatic rings. The molecule has 0 bridgehead atoms. The lowest BCUT2D eigenvalue weighted by atomic mass is 9.93. The Labute approximate surface area is 113 Å². The lowest BCUT2D eigenvalue weighted by molar-refractivity contribution is 0.170.